The summed E-state index contributed by atoms with van der Waals surface area (Å²) in [7, 11) is 0. The summed E-state index contributed by atoms with van der Waals surface area (Å²) >= 11 is 0. The summed E-state index contributed by atoms with van der Waals surface area (Å²) in [5.41, 5.74) is 11.2. The third kappa shape index (κ3) is 9.10. The summed E-state index contributed by atoms with van der Waals surface area (Å²) in [6, 6.07) is 3.78. The largest absolute Gasteiger partial charge is 0.480 e. The second kappa shape index (κ2) is 13.0. The Morgan fingerprint density at radius 3 is 2.06 bits per heavy atom. The minimum absolute atomic E-state index is 0.0406. The molecule has 4 amide bonds. The molecule has 0 heterocycles. The molecule has 1 aromatic rings. The molecule has 0 aromatic heterocycles. The number of carboxylic acid groups (broad SMARTS) is 1. The van der Waals surface area contributed by atoms with Gasteiger partial charge in [-0.25, -0.2) is 4.79 Å². The van der Waals surface area contributed by atoms with Crippen LogP contribution in [0, 0.1) is 0 Å². The lowest BCUT2D eigenvalue weighted by Crippen LogP contribution is -2.57. The SMILES string of the molecule is CC(NC(=O)C(CCC(N)=O)NC(=O)C(N)CO)C(=O)NC(Cc1ccccc1)C(=O)O. The van der Waals surface area contributed by atoms with Crippen LogP contribution in [-0.2, 0) is 30.4 Å². The third-order valence-corrected chi connectivity index (χ3v) is 4.50. The molecule has 0 aliphatic rings. The summed E-state index contributed by atoms with van der Waals surface area (Å²) in [5, 5.41) is 25.4. The number of carboxylic acids is 1. The number of amides is 4. The van der Waals surface area contributed by atoms with Crippen LogP contribution in [0.1, 0.15) is 25.3 Å². The maximum atomic E-state index is 12.6. The van der Waals surface area contributed by atoms with Crippen LogP contribution < -0.4 is 27.4 Å². The molecule has 176 valence electrons. The highest BCUT2D eigenvalue weighted by Gasteiger charge is 2.28. The van der Waals surface area contributed by atoms with Gasteiger partial charge >= 0.3 is 5.97 Å². The van der Waals surface area contributed by atoms with E-state index in [4.69, 9.17) is 16.6 Å². The van der Waals surface area contributed by atoms with Crippen LogP contribution in [0.2, 0.25) is 0 Å². The molecule has 0 saturated carbocycles. The van der Waals surface area contributed by atoms with Crippen LogP contribution >= 0.6 is 0 Å². The van der Waals surface area contributed by atoms with Crippen LogP contribution in [0.25, 0.3) is 0 Å². The van der Waals surface area contributed by atoms with Crippen molar-refractivity contribution in [2.24, 2.45) is 11.5 Å². The lowest BCUT2D eigenvalue weighted by molar-refractivity contribution is -0.142. The molecule has 32 heavy (non-hydrogen) atoms. The lowest BCUT2D eigenvalue weighted by atomic mass is 10.1. The smallest absolute Gasteiger partial charge is 0.326 e. The number of aliphatic hydroxyl groups is 1. The number of nitrogens with two attached hydrogens (primary N) is 2. The molecule has 12 nitrogen and oxygen atoms in total. The number of carbonyl (C=O) groups is 5. The summed E-state index contributed by atoms with van der Waals surface area (Å²) in [6.45, 7) is 0.674. The lowest BCUT2D eigenvalue weighted by Gasteiger charge is -2.23. The van der Waals surface area contributed by atoms with E-state index in [9.17, 15) is 29.1 Å². The van der Waals surface area contributed by atoms with E-state index in [1.54, 1.807) is 30.3 Å². The van der Waals surface area contributed by atoms with E-state index in [2.05, 4.69) is 16.0 Å². The van der Waals surface area contributed by atoms with E-state index in [1.165, 1.54) is 6.92 Å². The Bertz CT molecular complexity index is 818. The first kappa shape index (κ1) is 26.5. The van der Waals surface area contributed by atoms with Gasteiger partial charge in [-0.1, -0.05) is 30.3 Å². The van der Waals surface area contributed by atoms with E-state index in [1.807, 2.05) is 0 Å². The highest BCUT2D eigenvalue weighted by atomic mass is 16.4. The fraction of sp³-hybridized carbons (Fsp3) is 0.450. The van der Waals surface area contributed by atoms with E-state index in [0.717, 1.165) is 0 Å². The highest BCUT2D eigenvalue weighted by Crippen LogP contribution is 2.04. The molecule has 0 saturated heterocycles. The number of nitrogens with one attached hydrogen (secondary N) is 3. The van der Waals surface area contributed by atoms with Crippen molar-refractivity contribution in [1.82, 2.24) is 16.0 Å². The maximum absolute atomic E-state index is 12.6. The minimum atomic E-state index is -1.28. The summed E-state index contributed by atoms with van der Waals surface area (Å²) in [6.07, 6.45) is -0.352. The number of primary amides is 1. The number of hydrogen-bond donors (Lipinski definition) is 7. The second-order valence-corrected chi connectivity index (χ2v) is 7.17. The maximum Gasteiger partial charge on any atom is 0.326 e. The van der Waals surface area contributed by atoms with Crippen molar-refractivity contribution in [1.29, 1.82) is 0 Å². The number of rotatable bonds is 13. The van der Waals surface area contributed by atoms with Gasteiger partial charge in [-0.15, -0.1) is 0 Å². The van der Waals surface area contributed by atoms with Crippen molar-refractivity contribution in [2.75, 3.05) is 6.61 Å². The first-order valence-corrected chi connectivity index (χ1v) is 9.87. The molecule has 9 N–H and O–H groups in total. The van der Waals surface area contributed by atoms with Crippen molar-refractivity contribution < 1.29 is 34.2 Å². The van der Waals surface area contributed by atoms with Crippen LogP contribution in [0.5, 0.6) is 0 Å². The van der Waals surface area contributed by atoms with E-state index in [0.29, 0.717) is 5.56 Å². The average molecular weight is 451 g/mol. The zero-order valence-electron chi connectivity index (χ0n) is 17.6. The van der Waals surface area contributed by atoms with Gasteiger partial charge in [-0.05, 0) is 18.9 Å². The molecule has 1 aromatic carbocycles. The quantitative estimate of drug-likeness (QED) is 0.168. The predicted octanol–water partition coefficient (Wildman–Crippen LogP) is -2.63. The molecule has 0 radical (unpaired) electrons. The van der Waals surface area contributed by atoms with Gasteiger partial charge in [-0.3, -0.25) is 19.2 Å². The van der Waals surface area contributed by atoms with Gasteiger partial charge in [0.1, 0.15) is 24.2 Å². The Morgan fingerprint density at radius 2 is 1.53 bits per heavy atom. The van der Waals surface area contributed by atoms with Crippen LogP contribution in [0.4, 0.5) is 0 Å². The van der Waals surface area contributed by atoms with Crippen molar-refractivity contribution in [3.63, 3.8) is 0 Å². The van der Waals surface area contributed by atoms with Crippen LogP contribution in [0.15, 0.2) is 30.3 Å². The molecule has 0 spiro atoms. The summed E-state index contributed by atoms with van der Waals surface area (Å²) < 4.78 is 0. The minimum Gasteiger partial charge on any atom is -0.480 e. The first-order valence-electron chi connectivity index (χ1n) is 9.87. The van der Waals surface area contributed by atoms with E-state index < -0.39 is 60.4 Å². The fourth-order valence-corrected chi connectivity index (χ4v) is 2.64. The van der Waals surface area contributed by atoms with Crippen molar-refractivity contribution in [3.05, 3.63) is 35.9 Å². The van der Waals surface area contributed by atoms with Crippen LogP contribution in [-0.4, -0.2) is 70.6 Å². The molecule has 0 aliphatic heterocycles. The zero-order valence-corrected chi connectivity index (χ0v) is 17.6. The van der Waals surface area contributed by atoms with Crippen molar-refractivity contribution >= 4 is 29.6 Å². The van der Waals surface area contributed by atoms with Crippen LogP contribution in [0.3, 0.4) is 0 Å². The topological polar surface area (TPSA) is 214 Å². The molecule has 0 bridgehead atoms. The number of hydrogen-bond acceptors (Lipinski definition) is 7. The Balaban J connectivity index is 2.78. The molecule has 4 unspecified atom stereocenters. The van der Waals surface area contributed by atoms with Gasteiger partial charge in [0.2, 0.25) is 23.6 Å². The molecule has 4 atom stereocenters. The normalized spacial score (nSPS) is 14.3. The van der Waals surface area contributed by atoms with Gasteiger partial charge in [0.25, 0.3) is 0 Å². The molecule has 12 heteroatoms. The number of carbonyl (C=O) groups excluding carboxylic acids is 4. The highest BCUT2D eigenvalue weighted by molar-refractivity contribution is 5.94. The Kier molecular flexibility index (Phi) is 10.8. The Labute approximate surface area is 184 Å². The number of aliphatic hydroxyl groups excluding tert-OH is 1. The van der Waals surface area contributed by atoms with E-state index >= 15 is 0 Å². The Morgan fingerprint density at radius 1 is 0.938 bits per heavy atom. The molecule has 1 rings (SSSR count). The molecular formula is C20H29N5O7. The molecular weight excluding hydrogens is 422 g/mol. The molecule has 0 fully saturated rings. The van der Waals surface area contributed by atoms with E-state index in [-0.39, 0.29) is 19.3 Å². The standard InChI is InChI=1S/C20H29N5O7/c1-11(17(28)25-15(20(31)32)9-12-5-3-2-4-6-12)23-19(30)14(7-8-16(22)27)24-18(29)13(21)10-26/h2-6,11,13-15,26H,7-10,21H2,1H3,(H2,22,27)(H,23,30)(H,24,29)(H,25,28)(H,31,32). The number of aliphatic carboxylic acids is 1. The number of benzene rings is 1. The van der Waals surface area contributed by atoms with Gasteiger partial charge < -0.3 is 37.6 Å². The van der Waals surface area contributed by atoms with Crippen molar-refractivity contribution in [2.45, 2.75) is 50.4 Å². The average Bonchev–Trinajstić information content (AvgIpc) is 2.75. The van der Waals surface area contributed by atoms with Gasteiger partial charge in [0.05, 0.1) is 6.61 Å². The predicted molar refractivity (Wildman–Crippen MR) is 113 cm³/mol. The fourth-order valence-electron chi connectivity index (χ4n) is 2.64. The summed E-state index contributed by atoms with van der Waals surface area (Å²) in [5.74, 6) is -4.34. The third-order valence-electron chi connectivity index (χ3n) is 4.50. The zero-order chi connectivity index (χ0) is 24.3. The van der Waals surface area contributed by atoms with Crippen molar-refractivity contribution in [3.8, 4) is 0 Å². The van der Waals surface area contributed by atoms with Gasteiger partial charge in [0, 0.05) is 12.8 Å². The van der Waals surface area contributed by atoms with Gasteiger partial charge in [-0.2, -0.15) is 0 Å². The monoisotopic (exact) mass is 451 g/mol. The Hall–Kier alpha value is -3.51. The summed E-state index contributed by atoms with van der Waals surface area (Å²) in [4.78, 5) is 59.5. The second-order valence-electron chi connectivity index (χ2n) is 7.17. The first-order chi connectivity index (χ1) is 15.0. The van der Waals surface area contributed by atoms with Gasteiger partial charge in [0.15, 0.2) is 0 Å². The molecule has 0 aliphatic carbocycles.